The lowest BCUT2D eigenvalue weighted by Crippen LogP contribution is -2.51. The van der Waals surface area contributed by atoms with Crippen LogP contribution in [-0.2, 0) is 21.3 Å². The maximum atomic E-state index is 12.7. The van der Waals surface area contributed by atoms with E-state index in [1.807, 2.05) is 13.8 Å². The number of aromatic nitrogens is 2. The smallest absolute Gasteiger partial charge is 0.246 e. The molecule has 1 aromatic rings. The third kappa shape index (κ3) is 3.03. The molecule has 2 unspecified atom stereocenters. The topological polar surface area (TPSA) is 84.7 Å². The molecule has 2 rings (SSSR count). The molecule has 0 bridgehead atoms. The summed E-state index contributed by atoms with van der Waals surface area (Å²) in [5.74, 6) is 0. The molecular formula is C12H21N3O4S. The standard InChI is InChI=1S/C12H21N3O4S/c1-3-11-9-19-10(2)7-15(11)20(17,18)12-6-13-14(8-12)4-5-16/h6,8,10-11,16H,3-5,7,9H2,1-2H3. The van der Waals surface area contributed by atoms with Gasteiger partial charge in [-0.05, 0) is 13.3 Å². The molecule has 7 nitrogen and oxygen atoms in total. The highest BCUT2D eigenvalue weighted by Crippen LogP contribution is 2.23. The van der Waals surface area contributed by atoms with Crippen LogP contribution in [0, 0.1) is 0 Å². The monoisotopic (exact) mass is 303 g/mol. The maximum absolute atomic E-state index is 12.7. The van der Waals surface area contributed by atoms with Crippen LogP contribution in [0.3, 0.4) is 0 Å². The highest BCUT2D eigenvalue weighted by molar-refractivity contribution is 7.89. The molecule has 0 radical (unpaired) electrons. The Kier molecular flexibility index (Phi) is 4.79. The van der Waals surface area contributed by atoms with Gasteiger partial charge >= 0.3 is 0 Å². The predicted molar refractivity (Wildman–Crippen MR) is 72.7 cm³/mol. The molecule has 0 spiro atoms. The summed E-state index contributed by atoms with van der Waals surface area (Å²) < 4.78 is 33.8. The lowest BCUT2D eigenvalue weighted by molar-refractivity contribution is -0.0230. The largest absolute Gasteiger partial charge is 0.394 e. The minimum absolute atomic E-state index is 0.0761. The molecule has 20 heavy (non-hydrogen) atoms. The quantitative estimate of drug-likeness (QED) is 0.831. The molecule has 0 aliphatic carbocycles. The zero-order valence-electron chi connectivity index (χ0n) is 11.8. The van der Waals surface area contributed by atoms with Crippen molar-refractivity contribution >= 4 is 10.0 Å². The Morgan fingerprint density at radius 1 is 1.55 bits per heavy atom. The summed E-state index contributed by atoms with van der Waals surface area (Å²) >= 11 is 0. The summed E-state index contributed by atoms with van der Waals surface area (Å²) in [6.45, 7) is 4.79. The van der Waals surface area contributed by atoms with Gasteiger partial charge in [-0.2, -0.15) is 9.40 Å². The van der Waals surface area contributed by atoms with Gasteiger partial charge in [0.25, 0.3) is 0 Å². The number of aliphatic hydroxyl groups is 1. The summed E-state index contributed by atoms with van der Waals surface area (Å²) in [5.41, 5.74) is 0. The van der Waals surface area contributed by atoms with Crippen molar-refractivity contribution in [1.82, 2.24) is 14.1 Å². The summed E-state index contributed by atoms with van der Waals surface area (Å²) in [5, 5.41) is 12.8. The van der Waals surface area contributed by atoms with E-state index in [2.05, 4.69) is 5.10 Å². The highest BCUT2D eigenvalue weighted by atomic mass is 32.2. The van der Waals surface area contributed by atoms with Gasteiger partial charge in [-0.3, -0.25) is 4.68 Å². The lowest BCUT2D eigenvalue weighted by atomic mass is 10.2. The molecule has 8 heteroatoms. The van der Waals surface area contributed by atoms with Crippen LogP contribution in [-0.4, -0.2) is 59.5 Å². The first kappa shape index (κ1) is 15.4. The fourth-order valence-corrected chi connectivity index (χ4v) is 3.98. The number of hydrogen-bond acceptors (Lipinski definition) is 5. The summed E-state index contributed by atoms with van der Waals surface area (Å²) in [6, 6.07) is -0.141. The zero-order valence-corrected chi connectivity index (χ0v) is 12.6. The SMILES string of the molecule is CCC1COC(C)CN1S(=O)(=O)c1cnn(CCO)c1. The summed E-state index contributed by atoms with van der Waals surface area (Å²) in [6.07, 6.45) is 3.38. The third-order valence-corrected chi connectivity index (χ3v) is 5.31. The van der Waals surface area contributed by atoms with Crippen LogP contribution < -0.4 is 0 Å². The van der Waals surface area contributed by atoms with E-state index in [0.717, 1.165) is 0 Å². The molecule has 0 amide bonds. The summed E-state index contributed by atoms with van der Waals surface area (Å²) in [4.78, 5) is 0.165. The Labute approximate surface area is 119 Å². The van der Waals surface area contributed by atoms with Crippen molar-refractivity contribution in [3.8, 4) is 0 Å². The first-order valence-corrected chi connectivity index (χ1v) is 8.19. The van der Waals surface area contributed by atoms with Gasteiger partial charge in [-0.1, -0.05) is 6.92 Å². The van der Waals surface area contributed by atoms with Gasteiger partial charge < -0.3 is 9.84 Å². The number of nitrogens with zero attached hydrogens (tertiary/aromatic N) is 3. The van der Waals surface area contributed by atoms with Crippen molar-refractivity contribution in [2.24, 2.45) is 0 Å². The fourth-order valence-electron chi connectivity index (χ4n) is 2.27. The molecule has 0 saturated carbocycles. The average molecular weight is 303 g/mol. The van der Waals surface area contributed by atoms with Gasteiger partial charge in [-0.25, -0.2) is 8.42 Å². The first-order valence-electron chi connectivity index (χ1n) is 6.75. The van der Waals surface area contributed by atoms with E-state index in [9.17, 15) is 8.42 Å². The van der Waals surface area contributed by atoms with Crippen molar-refractivity contribution in [2.75, 3.05) is 19.8 Å². The second-order valence-corrected chi connectivity index (χ2v) is 6.83. The minimum Gasteiger partial charge on any atom is -0.394 e. The molecule has 2 atom stereocenters. The summed E-state index contributed by atoms with van der Waals surface area (Å²) in [7, 11) is -3.57. The first-order chi connectivity index (χ1) is 9.48. The van der Waals surface area contributed by atoms with Gasteiger partial charge in [0.2, 0.25) is 10.0 Å². The van der Waals surface area contributed by atoms with Gasteiger partial charge in [0.05, 0.1) is 32.1 Å². The maximum Gasteiger partial charge on any atom is 0.246 e. The van der Waals surface area contributed by atoms with Gasteiger partial charge in [0.15, 0.2) is 0 Å². The van der Waals surface area contributed by atoms with Gasteiger partial charge in [0, 0.05) is 18.8 Å². The molecule has 1 aliphatic heterocycles. The Hall–Kier alpha value is -0.960. The Morgan fingerprint density at radius 3 is 2.95 bits per heavy atom. The zero-order chi connectivity index (χ0) is 14.8. The third-order valence-electron chi connectivity index (χ3n) is 3.43. The number of sulfonamides is 1. The number of ether oxygens (including phenoxy) is 1. The number of morpholine rings is 1. The minimum atomic E-state index is -3.57. The molecule has 114 valence electrons. The van der Waals surface area contributed by atoms with Gasteiger partial charge in [-0.15, -0.1) is 0 Å². The van der Waals surface area contributed by atoms with Crippen LogP contribution in [0.4, 0.5) is 0 Å². The second kappa shape index (κ2) is 6.21. The average Bonchev–Trinajstić information content (AvgIpc) is 2.88. The Bertz CT molecular complexity index is 543. The normalized spacial score (nSPS) is 24.9. The van der Waals surface area contributed by atoms with E-state index >= 15 is 0 Å². The second-order valence-electron chi connectivity index (χ2n) is 4.94. The van der Waals surface area contributed by atoms with Crippen molar-refractivity contribution in [1.29, 1.82) is 0 Å². The van der Waals surface area contributed by atoms with Crippen LogP contribution >= 0.6 is 0 Å². The Balaban J connectivity index is 2.26. The van der Waals surface area contributed by atoms with Crippen molar-refractivity contribution in [3.05, 3.63) is 12.4 Å². The Morgan fingerprint density at radius 2 is 2.30 bits per heavy atom. The van der Waals surface area contributed by atoms with Crippen LogP contribution in [0.15, 0.2) is 17.3 Å². The highest BCUT2D eigenvalue weighted by Gasteiger charge is 2.36. The molecule has 2 heterocycles. The van der Waals surface area contributed by atoms with E-state index in [1.54, 1.807) is 0 Å². The molecule has 0 aromatic carbocycles. The van der Waals surface area contributed by atoms with Crippen LogP contribution in [0.1, 0.15) is 20.3 Å². The van der Waals surface area contributed by atoms with Crippen molar-refractivity contribution in [2.45, 2.75) is 43.9 Å². The van der Waals surface area contributed by atoms with Crippen LogP contribution in [0.5, 0.6) is 0 Å². The van der Waals surface area contributed by atoms with Crippen molar-refractivity contribution < 1.29 is 18.3 Å². The molecule has 1 aliphatic rings. The molecular weight excluding hydrogens is 282 g/mol. The predicted octanol–water partition coefficient (Wildman–Crippen LogP) is 0.0634. The molecule has 1 fully saturated rings. The van der Waals surface area contributed by atoms with Crippen molar-refractivity contribution in [3.63, 3.8) is 0 Å². The molecule has 1 saturated heterocycles. The fraction of sp³-hybridized carbons (Fsp3) is 0.750. The number of hydrogen-bond donors (Lipinski definition) is 1. The molecule has 1 aromatic heterocycles. The van der Waals surface area contributed by atoms with Crippen LogP contribution in [0.25, 0.3) is 0 Å². The van der Waals surface area contributed by atoms with E-state index in [1.165, 1.54) is 21.4 Å². The van der Waals surface area contributed by atoms with E-state index in [0.29, 0.717) is 19.6 Å². The number of rotatable bonds is 5. The lowest BCUT2D eigenvalue weighted by Gasteiger charge is -2.36. The van der Waals surface area contributed by atoms with E-state index < -0.39 is 10.0 Å². The molecule has 1 N–H and O–H groups in total. The van der Waals surface area contributed by atoms with Crippen LogP contribution in [0.2, 0.25) is 0 Å². The van der Waals surface area contributed by atoms with E-state index in [4.69, 9.17) is 9.84 Å². The van der Waals surface area contributed by atoms with Gasteiger partial charge in [0.1, 0.15) is 4.90 Å². The van der Waals surface area contributed by atoms with E-state index in [-0.39, 0.29) is 30.2 Å². The number of aliphatic hydroxyl groups excluding tert-OH is 1.